The number of nitrogen functional groups attached to an aromatic ring is 1. The number of rotatable bonds is 3. The molecule has 126 valence electrons. The van der Waals surface area contributed by atoms with Gasteiger partial charge in [-0.25, -0.2) is 0 Å². The zero-order valence-corrected chi connectivity index (χ0v) is 12.4. The second kappa shape index (κ2) is 5.92. The van der Waals surface area contributed by atoms with Crippen molar-refractivity contribution in [1.29, 1.82) is 0 Å². The van der Waals surface area contributed by atoms with Crippen LogP contribution in [0, 0.1) is 5.92 Å². The van der Waals surface area contributed by atoms with Crippen LogP contribution in [0.2, 0.25) is 0 Å². The summed E-state index contributed by atoms with van der Waals surface area (Å²) in [5.74, 6) is -0.0992. The molecule has 1 aromatic carbocycles. The highest BCUT2D eigenvalue weighted by molar-refractivity contribution is 5.84. The minimum atomic E-state index is -4.78. The van der Waals surface area contributed by atoms with Crippen LogP contribution in [0.25, 0.3) is 10.9 Å². The first-order valence-electron chi connectivity index (χ1n) is 7.50. The van der Waals surface area contributed by atoms with Crippen LogP contribution in [0.5, 0.6) is 5.75 Å². The van der Waals surface area contributed by atoms with Gasteiger partial charge in [-0.2, -0.15) is 5.10 Å². The summed E-state index contributed by atoms with van der Waals surface area (Å²) in [5, 5.41) is 14.2. The summed E-state index contributed by atoms with van der Waals surface area (Å²) in [5.41, 5.74) is 5.98. The molecule has 0 saturated heterocycles. The van der Waals surface area contributed by atoms with E-state index in [9.17, 15) is 18.3 Å². The third kappa shape index (κ3) is 3.52. The fourth-order valence-corrected chi connectivity index (χ4v) is 3.08. The van der Waals surface area contributed by atoms with Crippen molar-refractivity contribution in [2.75, 3.05) is 12.3 Å². The van der Waals surface area contributed by atoms with Gasteiger partial charge in [-0.1, -0.05) is 0 Å². The summed E-state index contributed by atoms with van der Waals surface area (Å²) in [7, 11) is 0. The van der Waals surface area contributed by atoms with Gasteiger partial charge in [0, 0.05) is 24.3 Å². The summed E-state index contributed by atoms with van der Waals surface area (Å²) >= 11 is 0. The van der Waals surface area contributed by atoms with E-state index in [2.05, 4.69) is 9.84 Å². The number of nitrogens with two attached hydrogens (primary N) is 1. The lowest BCUT2D eigenvalue weighted by Gasteiger charge is -2.27. The summed E-state index contributed by atoms with van der Waals surface area (Å²) < 4.78 is 42.8. The summed E-state index contributed by atoms with van der Waals surface area (Å²) in [4.78, 5) is 0. The van der Waals surface area contributed by atoms with Crippen LogP contribution in [-0.4, -0.2) is 27.9 Å². The van der Waals surface area contributed by atoms with Gasteiger partial charge in [-0.05, 0) is 37.7 Å². The third-order valence-corrected chi connectivity index (χ3v) is 4.33. The number of anilines is 1. The second-order valence-corrected chi connectivity index (χ2v) is 5.96. The zero-order valence-electron chi connectivity index (χ0n) is 12.4. The Balaban J connectivity index is 1.84. The maximum atomic E-state index is 12.4. The smallest absolute Gasteiger partial charge is 0.403 e. The maximum absolute atomic E-state index is 12.4. The first kappa shape index (κ1) is 15.9. The average molecular weight is 329 g/mol. The molecule has 0 unspecified atom stereocenters. The highest BCUT2D eigenvalue weighted by Crippen LogP contribution is 2.35. The number of hydrogen-bond acceptors (Lipinski definition) is 4. The molecule has 3 N–H and O–H groups in total. The zero-order chi connectivity index (χ0) is 16.6. The second-order valence-electron chi connectivity index (χ2n) is 5.96. The van der Waals surface area contributed by atoms with Gasteiger partial charge < -0.3 is 15.6 Å². The van der Waals surface area contributed by atoms with Crippen LogP contribution >= 0.6 is 0 Å². The van der Waals surface area contributed by atoms with Gasteiger partial charge in [0.2, 0.25) is 0 Å². The molecule has 1 fully saturated rings. The maximum Gasteiger partial charge on any atom is 0.573 e. The number of ether oxygens (including phenoxy) is 1. The fraction of sp³-hybridized carbons (Fsp3) is 0.533. The number of fused-ring (bicyclic) bond motifs is 1. The molecule has 0 aliphatic heterocycles. The number of hydrogen-bond donors (Lipinski definition) is 2. The molecule has 1 heterocycles. The van der Waals surface area contributed by atoms with Crippen molar-refractivity contribution in [3.05, 3.63) is 18.3 Å². The Morgan fingerprint density at radius 1 is 1.26 bits per heavy atom. The van der Waals surface area contributed by atoms with Crippen LogP contribution in [0.4, 0.5) is 18.9 Å². The predicted octanol–water partition coefficient (Wildman–Crippen LogP) is 3.24. The van der Waals surface area contributed by atoms with Gasteiger partial charge in [0.15, 0.2) is 5.75 Å². The number of alkyl halides is 3. The molecule has 8 heteroatoms. The normalized spacial score (nSPS) is 22.4. The summed E-state index contributed by atoms with van der Waals surface area (Å²) in [6.07, 6.45) is 0.630. The lowest BCUT2D eigenvalue weighted by atomic mass is 9.87. The van der Waals surface area contributed by atoms with E-state index >= 15 is 0 Å². The molecule has 3 rings (SSSR count). The van der Waals surface area contributed by atoms with Gasteiger partial charge >= 0.3 is 6.36 Å². The average Bonchev–Trinajstić information content (AvgIpc) is 2.89. The van der Waals surface area contributed by atoms with E-state index in [1.165, 1.54) is 12.1 Å². The van der Waals surface area contributed by atoms with E-state index in [0.29, 0.717) is 16.8 Å². The lowest BCUT2D eigenvalue weighted by molar-refractivity contribution is -0.274. The van der Waals surface area contributed by atoms with E-state index in [1.54, 1.807) is 10.9 Å². The van der Waals surface area contributed by atoms with Crippen molar-refractivity contribution in [1.82, 2.24) is 9.78 Å². The Morgan fingerprint density at radius 2 is 1.96 bits per heavy atom. The van der Waals surface area contributed by atoms with E-state index in [-0.39, 0.29) is 18.3 Å². The SMILES string of the molecule is Nc1cc2cn([C@H]3CC[C@H](CO)CC3)nc2cc1OC(F)(F)F. The number of halogens is 3. The van der Waals surface area contributed by atoms with Crippen molar-refractivity contribution in [2.45, 2.75) is 38.1 Å². The standard InChI is InChI=1S/C15H18F3N3O2/c16-15(17,18)23-14-6-13-10(5-12(14)19)7-21(20-13)11-3-1-9(8-22)2-4-11/h5-7,9,11,22H,1-4,8,19H2/t9-,11-. The number of benzene rings is 1. The summed E-state index contributed by atoms with van der Waals surface area (Å²) in [6.45, 7) is 0.197. The molecule has 0 bridgehead atoms. The number of nitrogens with zero attached hydrogens (tertiary/aromatic N) is 2. The largest absolute Gasteiger partial charge is 0.573 e. The van der Waals surface area contributed by atoms with Crippen LogP contribution in [0.15, 0.2) is 18.3 Å². The molecular formula is C15H18F3N3O2. The molecule has 1 aliphatic carbocycles. The van der Waals surface area contributed by atoms with Crippen LogP contribution in [0.3, 0.4) is 0 Å². The van der Waals surface area contributed by atoms with E-state index in [4.69, 9.17) is 5.73 Å². The Bertz CT molecular complexity index is 691. The minimum absolute atomic E-state index is 0.0710. The Morgan fingerprint density at radius 3 is 2.57 bits per heavy atom. The molecule has 0 spiro atoms. The topological polar surface area (TPSA) is 73.3 Å². The van der Waals surface area contributed by atoms with Crippen molar-refractivity contribution in [2.24, 2.45) is 5.92 Å². The quantitative estimate of drug-likeness (QED) is 0.848. The number of aliphatic hydroxyl groups excluding tert-OH is 1. The number of aromatic nitrogens is 2. The lowest BCUT2D eigenvalue weighted by Crippen LogP contribution is -2.20. The first-order chi connectivity index (χ1) is 10.9. The Labute approximate surface area is 130 Å². The number of aliphatic hydroxyl groups is 1. The van der Waals surface area contributed by atoms with Crippen LogP contribution < -0.4 is 10.5 Å². The van der Waals surface area contributed by atoms with Crippen LogP contribution in [-0.2, 0) is 0 Å². The van der Waals surface area contributed by atoms with Gasteiger partial charge in [0.25, 0.3) is 0 Å². The van der Waals surface area contributed by atoms with Gasteiger partial charge in [-0.3, -0.25) is 4.68 Å². The van der Waals surface area contributed by atoms with Gasteiger partial charge in [0.05, 0.1) is 17.2 Å². The Hall–Kier alpha value is -1.96. The van der Waals surface area contributed by atoms with Crippen molar-refractivity contribution >= 4 is 16.6 Å². The van der Waals surface area contributed by atoms with Gasteiger partial charge in [-0.15, -0.1) is 13.2 Å². The van der Waals surface area contributed by atoms with Crippen molar-refractivity contribution in [3.8, 4) is 5.75 Å². The summed E-state index contributed by atoms with van der Waals surface area (Å²) in [6, 6.07) is 2.85. The predicted molar refractivity (Wildman–Crippen MR) is 78.9 cm³/mol. The minimum Gasteiger partial charge on any atom is -0.403 e. The monoisotopic (exact) mass is 329 g/mol. The third-order valence-electron chi connectivity index (χ3n) is 4.33. The van der Waals surface area contributed by atoms with E-state index in [1.807, 2.05) is 0 Å². The first-order valence-corrected chi connectivity index (χ1v) is 7.50. The molecule has 0 atom stereocenters. The molecule has 5 nitrogen and oxygen atoms in total. The molecule has 1 aromatic heterocycles. The molecule has 1 aliphatic rings. The van der Waals surface area contributed by atoms with Crippen LogP contribution in [0.1, 0.15) is 31.7 Å². The molecule has 2 aromatic rings. The highest BCUT2D eigenvalue weighted by Gasteiger charge is 2.32. The van der Waals surface area contributed by atoms with Crippen molar-refractivity contribution in [3.63, 3.8) is 0 Å². The molecular weight excluding hydrogens is 311 g/mol. The molecule has 0 radical (unpaired) electrons. The van der Waals surface area contributed by atoms with E-state index in [0.717, 1.165) is 25.7 Å². The molecule has 1 saturated carbocycles. The highest BCUT2D eigenvalue weighted by atomic mass is 19.4. The molecule has 23 heavy (non-hydrogen) atoms. The molecule has 0 amide bonds. The Kier molecular flexibility index (Phi) is 4.09. The fourth-order valence-electron chi connectivity index (χ4n) is 3.08. The van der Waals surface area contributed by atoms with Crippen molar-refractivity contribution < 1.29 is 23.0 Å². The van der Waals surface area contributed by atoms with Gasteiger partial charge in [0.1, 0.15) is 0 Å². The van der Waals surface area contributed by atoms with E-state index < -0.39 is 12.1 Å².